The van der Waals surface area contributed by atoms with Gasteiger partial charge in [0.1, 0.15) is 6.17 Å². The standard InChI is InChI=1S/C15H17ClFNO/c1-10-11(7-8-13(16)15(10)17)9-14(19)18-12-5-3-2-4-6-12/h2-6,11,13,15H,1,7-9H2,(H,18,19). The minimum absolute atomic E-state index is 0.113. The van der Waals surface area contributed by atoms with Crippen LogP contribution in [0.1, 0.15) is 19.3 Å². The molecule has 0 aliphatic heterocycles. The molecular weight excluding hydrogens is 265 g/mol. The van der Waals surface area contributed by atoms with Crippen LogP contribution in [0.2, 0.25) is 0 Å². The molecule has 3 atom stereocenters. The first kappa shape index (κ1) is 14.1. The van der Waals surface area contributed by atoms with Crippen LogP contribution in [0.5, 0.6) is 0 Å². The second-order valence-electron chi connectivity index (χ2n) is 4.89. The number of rotatable bonds is 3. The van der Waals surface area contributed by atoms with Gasteiger partial charge in [-0.1, -0.05) is 24.8 Å². The number of benzene rings is 1. The Morgan fingerprint density at radius 2 is 2.05 bits per heavy atom. The molecule has 0 heterocycles. The number of alkyl halides is 2. The van der Waals surface area contributed by atoms with Crippen molar-refractivity contribution in [1.82, 2.24) is 0 Å². The number of carbonyl (C=O) groups is 1. The molecule has 1 aliphatic rings. The largest absolute Gasteiger partial charge is 0.326 e. The molecule has 0 saturated heterocycles. The van der Waals surface area contributed by atoms with Gasteiger partial charge in [-0.15, -0.1) is 11.6 Å². The van der Waals surface area contributed by atoms with E-state index in [0.717, 1.165) is 12.1 Å². The van der Waals surface area contributed by atoms with Crippen LogP contribution in [0.4, 0.5) is 10.1 Å². The number of anilines is 1. The average molecular weight is 282 g/mol. The molecule has 1 N–H and O–H groups in total. The van der Waals surface area contributed by atoms with Crippen molar-refractivity contribution in [1.29, 1.82) is 0 Å². The SMILES string of the molecule is C=C1C(CC(=O)Nc2ccccc2)CCC(Cl)C1F. The van der Waals surface area contributed by atoms with E-state index in [9.17, 15) is 9.18 Å². The van der Waals surface area contributed by atoms with Crippen molar-refractivity contribution < 1.29 is 9.18 Å². The smallest absolute Gasteiger partial charge is 0.224 e. The van der Waals surface area contributed by atoms with Crippen molar-refractivity contribution in [3.05, 3.63) is 42.5 Å². The molecule has 1 amide bonds. The van der Waals surface area contributed by atoms with Crippen LogP contribution in [-0.4, -0.2) is 17.5 Å². The Balaban J connectivity index is 1.91. The van der Waals surface area contributed by atoms with Crippen molar-refractivity contribution in [2.24, 2.45) is 5.92 Å². The number of hydrogen-bond acceptors (Lipinski definition) is 1. The van der Waals surface area contributed by atoms with E-state index in [1.165, 1.54) is 0 Å². The van der Waals surface area contributed by atoms with Crippen LogP contribution in [0.25, 0.3) is 0 Å². The number of amides is 1. The lowest BCUT2D eigenvalue weighted by Gasteiger charge is -2.30. The van der Waals surface area contributed by atoms with Crippen LogP contribution >= 0.6 is 11.6 Å². The molecular formula is C15H17ClFNO. The van der Waals surface area contributed by atoms with E-state index in [4.69, 9.17) is 11.6 Å². The van der Waals surface area contributed by atoms with Gasteiger partial charge in [-0.25, -0.2) is 4.39 Å². The van der Waals surface area contributed by atoms with E-state index in [-0.39, 0.29) is 18.2 Å². The fourth-order valence-electron chi connectivity index (χ4n) is 2.34. The van der Waals surface area contributed by atoms with Crippen LogP contribution < -0.4 is 5.32 Å². The van der Waals surface area contributed by atoms with Gasteiger partial charge in [-0.2, -0.15) is 0 Å². The van der Waals surface area contributed by atoms with Gasteiger partial charge in [-0.3, -0.25) is 4.79 Å². The first-order valence-corrected chi connectivity index (χ1v) is 6.83. The Bertz CT molecular complexity index is 462. The summed E-state index contributed by atoms with van der Waals surface area (Å²) < 4.78 is 13.7. The summed E-state index contributed by atoms with van der Waals surface area (Å²) in [5, 5.41) is 2.30. The molecule has 102 valence electrons. The number of para-hydroxylation sites is 1. The first-order valence-electron chi connectivity index (χ1n) is 6.39. The molecule has 2 rings (SSSR count). The summed E-state index contributed by atoms with van der Waals surface area (Å²) in [6.07, 6.45) is 0.364. The minimum Gasteiger partial charge on any atom is -0.326 e. The molecule has 1 aliphatic carbocycles. The quantitative estimate of drug-likeness (QED) is 0.660. The van der Waals surface area contributed by atoms with Crippen LogP contribution in [0, 0.1) is 5.92 Å². The predicted molar refractivity (Wildman–Crippen MR) is 76.1 cm³/mol. The molecule has 4 heteroatoms. The second-order valence-corrected chi connectivity index (χ2v) is 5.45. The Kier molecular flexibility index (Phi) is 4.59. The van der Waals surface area contributed by atoms with Crippen LogP contribution in [-0.2, 0) is 4.79 Å². The third-order valence-corrected chi connectivity index (χ3v) is 3.92. The van der Waals surface area contributed by atoms with Gasteiger partial charge in [-0.05, 0) is 36.5 Å². The van der Waals surface area contributed by atoms with Gasteiger partial charge in [0.25, 0.3) is 0 Å². The predicted octanol–water partition coefficient (Wildman–Crippen LogP) is 3.93. The molecule has 0 radical (unpaired) electrons. The zero-order valence-electron chi connectivity index (χ0n) is 10.6. The molecule has 1 aromatic carbocycles. The monoisotopic (exact) mass is 281 g/mol. The molecule has 1 saturated carbocycles. The fourth-order valence-corrected chi connectivity index (χ4v) is 2.63. The summed E-state index contributed by atoms with van der Waals surface area (Å²) in [7, 11) is 0. The third kappa shape index (κ3) is 3.57. The van der Waals surface area contributed by atoms with Crippen molar-refractivity contribution in [3.63, 3.8) is 0 Å². The van der Waals surface area contributed by atoms with E-state index in [1.807, 2.05) is 30.3 Å². The zero-order chi connectivity index (χ0) is 13.8. The molecule has 0 spiro atoms. The maximum atomic E-state index is 13.7. The first-order chi connectivity index (χ1) is 9.08. The highest BCUT2D eigenvalue weighted by Crippen LogP contribution is 2.35. The van der Waals surface area contributed by atoms with Gasteiger partial charge < -0.3 is 5.32 Å². The summed E-state index contributed by atoms with van der Waals surface area (Å²) >= 11 is 5.86. The molecule has 0 bridgehead atoms. The van der Waals surface area contributed by atoms with Crippen molar-refractivity contribution in [2.75, 3.05) is 5.32 Å². The van der Waals surface area contributed by atoms with E-state index in [1.54, 1.807) is 0 Å². The normalized spacial score (nSPS) is 27.1. The average Bonchev–Trinajstić information content (AvgIpc) is 2.41. The maximum absolute atomic E-state index is 13.7. The lowest BCUT2D eigenvalue weighted by molar-refractivity contribution is -0.117. The lowest BCUT2D eigenvalue weighted by Crippen LogP contribution is -2.31. The van der Waals surface area contributed by atoms with Crippen LogP contribution in [0.15, 0.2) is 42.5 Å². The van der Waals surface area contributed by atoms with Gasteiger partial charge in [0.15, 0.2) is 0 Å². The highest BCUT2D eigenvalue weighted by Gasteiger charge is 2.33. The number of nitrogens with one attached hydrogen (secondary N) is 1. The summed E-state index contributed by atoms with van der Waals surface area (Å²) in [6, 6.07) is 9.23. The Morgan fingerprint density at radius 3 is 2.74 bits per heavy atom. The number of halogens is 2. The van der Waals surface area contributed by atoms with Gasteiger partial charge in [0.05, 0.1) is 5.38 Å². The van der Waals surface area contributed by atoms with Crippen molar-refractivity contribution >= 4 is 23.2 Å². The zero-order valence-corrected chi connectivity index (χ0v) is 11.4. The molecule has 3 unspecified atom stereocenters. The Hall–Kier alpha value is -1.35. The van der Waals surface area contributed by atoms with Crippen molar-refractivity contribution in [3.8, 4) is 0 Å². The highest BCUT2D eigenvalue weighted by atomic mass is 35.5. The number of allylic oxidation sites excluding steroid dienone is 1. The van der Waals surface area contributed by atoms with Gasteiger partial charge in [0, 0.05) is 12.1 Å². The van der Waals surface area contributed by atoms with E-state index >= 15 is 0 Å². The summed E-state index contributed by atoms with van der Waals surface area (Å²) in [6.45, 7) is 3.75. The van der Waals surface area contributed by atoms with E-state index < -0.39 is 11.5 Å². The van der Waals surface area contributed by atoms with E-state index in [2.05, 4.69) is 11.9 Å². The Morgan fingerprint density at radius 1 is 1.37 bits per heavy atom. The molecule has 1 aromatic rings. The van der Waals surface area contributed by atoms with Gasteiger partial charge in [0.2, 0.25) is 5.91 Å². The van der Waals surface area contributed by atoms with Gasteiger partial charge >= 0.3 is 0 Å². The fraction of sp³-hybridized carbons (Fsp3) is 0.400. The lowest BCUT2D eigenvalue weighted by atomic mass is 9.81. The number of carbonyl (C=O) groups excluding carboxylic acids is 1. The molecule has 1 fully saturated rings. The summed E-state index contributed by atoms with van der Waals surface area (Å²) in [5.41, 5.74) is 1.20. The maximum Gasteiger partial charge on any atom is 0.224 e. The summed E-state index contributed by atoms with van der Waals surface area (Å²) in [4.78, 5) is 11.9. The summed E-state index contributed by atoms with van der Waals surface area (Å²) in [5.74, 6) is -0.230. The minimum atomic E-state index is -1.20. The van der Waals surface area contributed by atoms with Crippen LogP contribution in [0.3, 0.4) is 0 Å². The second kappa shape index (κ2) is 6.20. The third-order valence-electron chi connectivity index (χ3n) is 3.48. The van der Waals surface area contributed by atoms with Crippen molar-refractivity contribution in [2.45, 2.75) is 30.8 Å². The molecule has 0 aromatic heterocycles. The van der Waals surface area contributed by atoms with E-state index in [0.29, 0.717) is 12.0 Å². The number of hydrogen-bond donors (Lipinski definition) is 1. The highest BCUT2D eigenvalue weighted by molar-refractivity contribution is 6.21. The Labute approximate surface area is 117 Å². The molecule has 19 heavy (non-hydrogen) atoms. The topological polar surface area (TPSA) is 29.1 Å². The molecule has 2 nitrogen and oxygen atoms in total.